The minimum atomic E-state index is -1.03. The Morgan fingerprint density at radius 2 is 1.86 bits per heavy atom. The Kier molecular flexibility index (Phi) is 3.02. The van der Waals surface area contributed by atoms with Gasteiger partial charge >= 0.3 is 5.97 Å². The Labute approximate surface area is 119 Å². The number of hydrogen-bond donors (Lipinski definition) is 2. The highest BCUT2D eigenvalue weighted by Gasteiger charge is 2.12. The Morgan fingerprint density at radius 1 is 1.10 bits per heavy atom. The summed E-state index contributed by atoms with van der Waals surface area (Å²) in [6.45, 7) is 0. The lowest BCUT2D eigenvalue weighted by atomic mass is 10.0. The van der Waals surface area contributed by atoms with Gasteiger partial charge in [-0.15, -0.1) is 0 Å². The van der Waals surface area contributed by atoms with Crippen LogP contribution in [0, 0.1) is 5.82 Å². The minimum Gasteiger partial charge on any atom is -0.478 e. The molecule has 0 fully saturated rings. The molecule has 0 bridgehead atoms. The number of halogens is 1. The Bertz CT molecular complexity index is 862. The number of hydrogen-bond acceptors (Lipinski definition) is 3. The highest BCUT2D eigenvalue weighted by molar-refractivity contribution is 5.95. The molecule has 1 heterocycles. The zero-order valence-corrected chi connectivity index (χ0v) is 10.9. The molecule has 0 saturated heterocycles. The predicted octanol–water partition coefficient (Wildman–Crippen LogP) is 3.32. The van der Waals surface area contributed by atoms with E-state index >= 15 is 0 Å². The van der Waals surface area contributed by atoms with Crippen molar-refractivity contribution in [3.8, 4) is 11.1 Å². The van der Waals surface area contributed by atoms with E-state index in [9.17, 15) is 9.18 Å². The number of carbonyl (C=O) groups is 1. The van der Waals surface area contributed by atoms with Gasteiger partial charge in [0.05, 0.1) is 11.1 Å². The number of rotatable bonds is 2. The van der Waals surface area contributed by atoms with Crippen LogP contribution < -0.4 is 5.73 Å². The van der Waals surface area contributed by atoms with Crippen LogP contribution in [0.4, 0.5) is 10.2 Å². The van der Waals surface area contributed by atoms with Gasteiger partial charge in [0.15, 0.2) is 0 Å². The summed E-state index contributed by atoms with van der Waals surface area (Å²) in [4.78, 5) is 15.1. The molecule has 0 amide bonds. The van der Waals surface area contributed by atoms with E-state index in [4.69, 9.17) is 10.8 Å². The summed E-state index contributed by atoms with van der Waals surface area (Å²) in [6.07, 6.45) is 0. The van der Waals surface area contributed by atoms with Gasteiger partial charge in [-0.3, -0.25) is 0 Å². The highest BCUT2D eigenvalue weighted by Crippen LogP contribution is 2.30. The number of nitrogens with zero attached hydrogens (tertiary/aromatic N) is 1. The SMILES string of the molecule is Nc1nc2cc(C(=O)O)ccc2cc1-c1ccccc1F. The Hall–Kier alpha value is -2.95. The number of aromatic nitrogens is 1. The monoisotopic (exact) mass is 282 g/mol. The molecular weight excluding hydrogens is 271 g/mol. The molecular formula is C16H11FN2O2. The number of nitrogens with two attached hydrogens (primary N) is 1. The van der Waals surface area contributed by atoms with E-state index in [1.165, 1.54) is 18.2 Å². The maximum atomic E-state index is 13.9. The third-order valence-corrected chi connectivity index (χ3v) is 3.26. The normalized spacial score (nSPS) is 10.7. The first-order valence-electron chi connectivity index (χ1n) is 6.25. The van der Waals surface area contributed by atoms with Gasteiger partial charge in [-0.1, -0.05) is 24.3 Å². The van der Waals surface area contributed by atoms with Crippen molar-refractivity contribution in [2.24, 2.45) is 0 Å². The molecule has 0 atom stereocenters. The molecule has 0 radical (unpaired) electrons. The third kappa shape index (κ3) is 2.29. The van der Waals surface area contributed by atoms with E-state index in [0.717, 1.165) is 0 Å². The number of fused-ring (bicyclic) bond motifs is 1. The second-order valence-corrected chi connectivity index (χ2v) is 4.61. The first-order valence-corrected chi connectivity index (χ1v) is 6.25. The van der Waals surface area contributed by atoms with Gasteiger partial charge in [0, 0.05) is 16.5 Å². The number of anilines is 1. The minimum absolute atomic E-state index is 0.132. The fourth-order valence-corrected chi connectivity index (χ4v) is 2.21. The van der Waals surface area contributed by atoms with Crippen molar-refractivity contribution in [1.29, 1.82) is 0 Å². The van der Waals surface area contributed by atoms with Gasteiger partial charge < -0.3 is 10.8 Å². The van der Waals surface area contributed by atoms with E-state index in [0.29, 0.717) is 22.0 Å². The summed E-state index contributed by atoms with van der Waals surface area (Å²) in [5.74, 6) is -1.25. The number of aromatic carboxylic acids is 1. The standard InChI is InChI=1S/C16H11FN2O2/c17-13-4-2-1-3-11(13)12-7-9-5-6-10(16(20)21)8-14(9)19-15(12)18/h1-8H,(H2,18,19)(H,20,21). The van der Waals surface area contributed by atoms with E-state index in [1.807, 2.05) is 0 Å². The summed E-state index contributed by atoms with van der Waals surface area (Å²) in [6, 6.07) is 12.6. The number of carboxylic acid groups (broad SMARTS) is 1. The third-order valence-electron chi connectivity index (χ3n) is 3.26. The van der Waals surface area contributed by atoms with Gasteiger partial charge in [0.25, 0.3) is 0 Å². The molecule has 0 aliphatic carbocycles. The lowest BCUT2D eigenvalue weighted by Crippen LogP contribution is -1.99. The van der Waals surface area contributed by atoms with E-state index in [2.05, 4.69) is 4.98 Å². The smallest absolute Gasteiger partial charge is 0.335 e. The fraction of sp³-hybridized carbons (Fsp3) is 0. The highest BCUT2D eigenvalue weighted by atomic mass is 19.1. The fourth-order valence-electron chi connectivity index (χ4n) is 2.21. The first-order chi connectivity index (χ1) is 10.1. The molecule has 21 heavy (non-hydrogen) atoms. The van der Waals surface area contributed by atoms with Crippen molar-refractivity contribution in [2.45, 2.75) is 0 Å². The maximum Gasteiger partial charge on any atom is 0.335 e. The van der Waals surface area contributed by atoms with Crippen LogP contribution in [-0.2, 0) is 0 Å². The molecule has 2 aromatic carbocycles. The van der Waals surface area contributed by atoms with Crippen molar-refractivity contribution >= 4 is 22.7 Å². The van der Waals surface area contributed by atoms with Gasteiger partial charge in [-0.05, 0) is 24.3 Å². The lowest BCUT2D eigenvalue weighted by Gasteiger charge is -2.09. The summed E-state index contributed by atoms with van der Waals surface area (Å²) >= 11 is 0. The van der Waals surface area contributed by atoms with E-state index < -0.39 is 5.97 Å². The molecule has 3 N–H and O–H groups in total. The van der Waals surface area contributed by atoms with Gasteiger partial charge in [0.2, 0.25) is 0 Å². The molecule has 1 aromatic heterocycles. The van der Waals surface area contributed by atoms with Crippen molar-refractivity contribution < 1.29 is 14.3 Å². The van der Waals surface area contributed by atoms with Crippen molar-refractivity contribution in [1.82, 2.24) is 4.98 Å². The van der Waals surface area contributed by atoms with Crippen LogP contribution in [0.2, 0.25) is 0 Å². The summed E-state index contributed by atoms with van der Waals surface area (Å²) in [5.41, 5.74) is 7.34. The summed E-state index contributed by atoms with van der Waals surface area (Å²) in [5, 5.41) is 9.68. The van der Waals surface area contributed by atoms with Crippen LogP contribution >= 0.6 is 0 Å². The summed E-state index contributed by atoms with van der Waals surface area (Å²) < 4.78 is 13.9. The number of benzene rings is 2. The number of carboxylic acids is 1. The van der Waals surface area contributed by atoms with Crippen LogP contribution in [0.5, 0.6) is 0 Å². The Balaban J connectivity index is 2.23. The zero-order chi connectivity index (χ0) is 15.0. The molecule has 0 spiro atoms. The quantitative estimate of drug-likeness (QED) is 0.756. The molecule has 0 aliphatic rings. The average molecular weight is 282 g/mol. The Morgan fingerprint density at radius 3 is 2.57 bits per heavy atom. The van der Waals surface area contributed by atoms with Gasteiger partial charge in [-0.25, -0.2) is 14.2 Å². The molecule has 104 valence electrons. The van der Waals surface area contributed by atoms with E-state index in [-0.39, 0.29) is 17.2 Å². The second kappa shape index (κ2) is 4.86. The molecule has 0 saturated carbocycles. The lowest BCUT2D eigenvalue weighted by molar-refractivity contribution is 0.0697. The maximum absolute atomic E-state index is 13.9. The topological polar surface area (TPSA) is 76.2 Å². The number of nitrogen functional groups attached to an aromatic ring is 1. The average Bonchev–Trinajstić information content (AvgIpc) is 2.46. The number of pyridine rings is 1. The van der Waals surface area contributed by atoms with Gasteiger partial charge in [-0.2, -0.15) is 0 Å². The molecule has 0 aliphatic heterocycles. The van der Waals surface area contributed by atoms with Crippen molar-refractivity contribution in [3.63, 3.8) is 0 Å². The summed E-state index contributed by atoms with van der Waals surface area (Å²) in [7, 11) is 0. The molecule has 0 unspecified atom stereocenters. The van der Waals surface area contributed by atoms with Crippen LogP contribution in [0.1, 0.15) is 10.4 Å². The van der Waals surface area contributed by atoms with Crippen LogP contribution in [0.3, 0.4) is 0 Å². The molecule has 3 rings (SSSR count). The second-order valence-electron chi connectivity index (χ2n) is 4.61. The molecule has 3 aromatic rings. The molecule has 4 nitrogen and oxygen atoms in total. The van der Waals surface area contributed by atoms with Crippen molar-refractivity contribution in [3.05, 3.63) is 59.9 Å². The predicted molar refractivity (Wildman–Crippen MR) is 78.5 cm³/mol. The first kappa shape index (κ1) is 13.1. The zero-order valence-electron chi connectivity index (χ0n) is 10.9. The van der Waals surface area contributed by atoms with E-state index in [1.54, 1.807) is 30.3 Å². The van der Waals surface area contributed by atoms with Gasteiger partial charge in [0.1, 0.15) is 11.6 Å². The largest absolute Gasteiger partial charge is 0.478 e. The van der Waals surface area contributed by atoms with Crippen molar-refractivity contribution in [2.75, 3.05) is 5.73 Å². The molecule has 5 heteroatoms. The van der Waals surface area contributed by atoms with Crippen LogP contribution in [0.15, 0.2) is 48.5 Å². The van der Waals surface area contributed by atoms with Crippen LogP contribution in [0.25, 0.3) is 22.0 Å². The van der Waals surface area contributed by atoms with Crippen LogP contribution in [-0.4, -0.2) is 16.1 Å².